The van der Waals surface area contributed by atoms with Gasteiger partial charge in [-0.2, -0.15) is 0 Å². The lowest BCUT2D eigenvalue weighted by atomic mass is 9.88. The van der Waals surface area contributed by atoms with Crippen LogP contribution in [0.15, 0.2) is 53.0 Å². The largest absolute Gasteiger partial charge is 0.445 e. The molecule has 0 bridgehead atoms. The van der Waals surface area contributed by atoms with E-state index in [9.17, 15) is 4.79 Å². The second-order valence-electron chi connectivity index (χ2n) is 5.96. The minimum absolute atomic E-state index is 0.201. The first-order chi connectivity index (χ1) is 11.1. The zero-order valence-corrected chi connectivity index (χ0v) is 14.8. The highest BCUT2D eigenvalue weighted by molar-refractivity contribution is 9.10. The van der Waals surface area contributed by atoms with E-state index in [1.54, 1.807) is 4.90 Å². The highest BCUT2D eigenvalue weighted by Gasteiger charge is 2.26. The van der Waals surface area contributed by atoms with Crippen molar-refractivity contribution in [1.82, 2.24) is 4.90 Å². The van der Waals surface area contributed by atoms with Gasteiger partial charge in [0, 0.05) is 17.6 Å². The summed E-state index contributed by atoms with van der Waals surface area (Å²) >= 11 is 3.52. The number of hydrogen-bond donors (Lipinski definition) is 0. The Hall–Kier alpha value is -1.81. The number of ether oxygens (including phenoxy) is 1. The first-order valence-electron chi connectivity index (χ1n) is 7.84. The number of rotatable bonds is 3. The van der Waals surface area contributed by atoms with E-state index in [0.717, 1.165) is 29.3 Å². The van der Waals surface area contributed by atoms with E-state index in [0.29, 0.717) is 6.61 Å². The summed E-state index contributed by atoms with van der Waals surface area (Å²) in [6.07, 6.45) is 2.61. The SMILES string of the molecule is CN(C(=O)OCc1ccccc1)C1CCc2cc(Br)ccc2C1. The molecule has 1 aliphatic carbocycles. The van der Waals surface area contributed by atoms with E-state index in [2.05, 4.69) is 34.1 Å². The molecule has 0 fully saturated rings. The Bertz CT molecular complexity index is 687. The van der Waals surface area contributed by atoms with Crippen LogP contribution in [-0.4, -0.2) is 24.1 Å². The number of hydrogen-bond acceptors (Lipinski definition) is 2. The van der Waals surface area contributed by atoms with Gasteiger partial charge in [0.15, 0.2) is 0 Å². The van der Waals surface area contributed by atoms with Crippen LogP contribution in [0.2, 0.25) is 0 Å². The van der Waals surface area contributed by atoms with Crippen LogP contribution in [0.25, 0.3) is 0 Å². The van der Waals surface area contributed by atoms with E-state index in [-0.39, 0.29) is 12.1 Å². The number of halogens is 1. The third-order valence-corrected chi connectivity index (χ3v) is 4.90. The van der Waals surface area contributed by atoms with E-state index >= 15 is 0 Å². The quantitative estimate of drug-likeness (QED) is 0.788. The summed E-state index contributed by atoms with van der Waals surface area (Å²) in [6, 6.07) is 16.4. The number of nitrogens with zero attached hydrogens (tertiary/aromatic N) is 1. The molecule has 0 saturated heterocycles. The molecule has 0 heterocycles. The van der Waals surface area contributed by atoms with E-state index in [1.165, 1.54) is 11.1 Å². The summed E-state index contributed by atoms with van der Waals surface area (Å²) in [6.45, 7) is 0.320. The Morgan fingerprint density at radius 3 is 2.78 bits per heavy atom. The molecule has 0 aliphatic heterocycles. The molecule has 120 valence electrons. The van der Waals surface area contributed by atoms with Crippen molar-refractivity contribution < 1.29 is 9.53 Å². The average molecular weight is 374 g/mol. The Kier molecular flexibility index (Phi) is 5.01. The van der Waals surface area contributed by atoms with E-state index < -0.39 is 0 Å². The number of carbonyl (C=O) groups excluding carboxylic acids is 1. The monoisotopic (exact) mass is 373 g/mol. The lowest BCUT2D eigenvalue weighted by Crippen LogP contribution is -2.40. The van der Waals surface area contributed by atoms with Gasteiger partial charge in [-0.15, -0.1) is 0 Å². The molecule has 0 spiro atoms. The second-order valence-corrected chi connectivity index (χ2v) is 6.88. The van der Waals surface area contributed by atoms with Crippen LogP contribution >= 0.6 is 15.9 Å². The van der Waals surface area contributed by atoms with Crippen molar-refractivity contribution in [2.24, 2.45) is 0 Å². The maximum atomic E-state index is 12.3. The van der Waals surface area contributed by atoms with E-state index in [1.807, 2.05) is 37.4 Å². The molecule has 1 amide bonds. The summed E-state index contributed by atoms with van der Waals surface area (Å²) in [5.74, 6) is 0. The second kappa shape index (κ2) is 7.18. The first-order valence-corrected chi connectivity index (χ1v) is 8.63. The molecule has 3 rings (SSSR count). The Morgan fingerprint density at radius 1 is 1.22 bits per heavy atom. The zero-order valence-electron chi connectivity index (χ0n) is 13.2. The maximum absolute atomic E-state index is 12.3. The van der Waals surface area contributed by atoms with Gasteiger partial charge in [0.25, 0.3) is 0 Å². The minimum atomic E-state index is -0.251. The van der Waals surface area contributed by atoms with Crippen LogP contribution in [0.3, 0.4) is 0 Å². The highest BCUT2D eigenvalue weighted by Crippen LogP contribution is 2.27. The maximum Gasteiger partial charge on any atom is 0.410 e. The number of likely N-dealkylation sites (N-methyl/N-ethyl adjacent to an activating group) is 1. The highest BCUT2D eigenvalue weighted by atomic mass is 79.9. The number of carbonyl (C=O) groups is 1. The molecular formula is C19H20BrNO2. The van der Waals surface area contributed by atoms with Crippen LogP contribution in [0.5, 0.6) is 0 Å². The predicted molar refractivity (Wildman–Crippen MR) is 94.3 cm³/mol. The molecule has 0 radical (unpaired) electrons. The van der Waals surface area contributed by atoms with Crippen molar-refractivity contribution >= 4 is 22.0 Å². The number of aryl methyl sites for hydroxylation is 1. The fourth-order valence-corrected chi connectivity index (χ4v) is 3.41. The molecule has 2 aromatic carbocycles. The first kappa shape index (κ1) is 16.1. The van der Waals surface area contributed by atoms with Gasteiger partial charge >= 0.3 is 6.09 Å². The molecule has 0 N–H and O–H groups in total. The molecule has 23 heavy (non-hydrogen) atoms. The van der Waals surface area contributed by atoms with Crippen molar-refractivity contribution in [3.05, 3.63) is 69.7 Å². The van der Waals surface area contributed by atoms with Crippen molar-refractivity contribution in [2.45, 2.75) is 31.9 Å². The molecule has 1 unspecified atom stereocenters. The van der Waals surface area contributed by atoms with E-state index in [4.69, 9.17) is 4.74 Å². The fourth-order valence-electron chi connectivity index (χ4n) is 3.01. The molecule has 3 nitrogen and oxygen atoms in total. The third kappa shape index (κ3) is 3.94. The van der Waals surface area contributed by atoms with Gasteiger partial charge in [-0.1, -0.05) is 52.3 Å². The average Bonchev–Trinajstić information content (AvgIpc) is 2.59. The number of fused-ring (bicyclic) bond motifs is 1. The van der Waals surface area contributed by atoms with Crippen molar-refractivity contribution in [2.75, 3.05) is 7.05 Å². The van der Waals surface area contributed by atoms with Crippen LogP contribution in [0.4, 0.5) is 4.79 Å². The summed E-state index contributed by atoms with van der Waals surface area (Å²) in [5.41, 5.74) is 3.71. The number of benzene rings is 2. The summed E-state index contributed by atoms with van der Waals surface area (Å²) < 4.78 is 6.55. The topological polar surface area (TPSA) is 29.5 Å². The van der Waals surface area contributed by atoms with Gasteiger partial charge in [0.2, 0.25) is 0 Å². The smallest absolute Gasteiger partial charge is 0.410 e. The van der Waals surface area contributed by atoms with Crippen LogP contribution in [0, 0.1) is 0 Å². The normalized spacial score (nSPS) is 16.5. The van der Waals surface area contributed by atoms with Gasteiger partial charge in [0.1, 0.15) is 6.61 Å². The number of amides is 1. The summed E-state index contributed by atoms with van der Waals surface area (Å²) in [5, 5.41) is 0. The predicted octanol–water partition coefficient (Wildman–Crippen LogP) is 4.58. The van der Waals surface area contributed by atoms with Crippen LogP contribution in [0.1, 0.15) is 23.1 Å². The molecule has 1 atom stereocenters. The van der Waals surface area contributed by atoms with Crippen molar-refractivity contribution in [3.8, 4) is 0 Å². The molecule has 1 aliphatic rings. The zero-order chi connectivity index (χ0) is 16.2. The fraction of sp³-hybridized carbons (Fsp3) is 0.316. The van der Waals surface area contributed by atoms with Gasteiger partial charge in [-0.05, 0) is 48.1 Å². The third-order valence-electron chi connectivity index (χ3n) is 4.41. The van der Waals surface area contributed by atoms with Crippen molar-refractivity contribution in [3.63, 3.8) is 0 Å². The van der Waals surface area contributed by atoms with Gasteiger partial charge < -0.3 is 9.64 Å². The lowest BCUT2D eigenvalue weighted by molar-refractivity contribution is 0.0883. The van der Waals surface area contributed by atoms with Crippen molar-refractivity contribution in [1.29, 1.82) is 0 Å². The minimum Gasteiger partial charge on any atom is -0.445 e. The summed E-state index contributed by atoms with van der Waals surface area (Å²) in [7, 11) is 1.84. The summed E-state index contributed by atoms with van der Waals surface area (Å²) in [4.78, 5) is 14.0. The molecule has 0 aromatic heterocycles. The van der Waals surface area contributed by atoms with Gasteiger partial charge in [0.05, 0.1) is 0 Å². The standard InChI is InChI=1S/C19H20BrNO2/c1-21(19(22)23-13-14-5-3-2-4-6-14)18-10-8-15-11-17(20)9-7-16(15)12-18/h2-7,9,11,18H,8,10,12-13H2,1H3. The van der Waals surface area contributed by atoms with Crippen LogP contribution < -0.4 is 0 Å². The molecule has 0 saturated carbocycles. The Labute approximate surface area is 145 Å². The van der Waals surface area contributed by atoms with Gasteiger partial charge in [-0.25, -0.2) is 4.79 Å². The van der Waals surface area contributed by atoms with Gasteiger partial charge in [-0.3, -0.25) is 0 Å². The Balaban J connectivity index is 1.59. The molecular weight excluding hydrogens is 354 g/mol. The molecule has 2 aromatic rings. The Morgan fingerprint density at radius 2 is 2.00 bits per heavy atom. The lowest BCUT2D eigenvalue weighted by Gasteiger charge is -2.32. The van der Waals surface area contributed by atoms with Crippen LogP contribution in [-0.2, 0) is 24.2 Å². The molecule has 4 heteroatoms.